The molecule has 8 atom stereocenters. The van der Waals surface area contributed by atoms with Crippen molar-refractivity contribution in [3.05, 3.63) is 12.7 Å². The van der Waals surface area contributed by atoms with Gasteiger partial charge in [0.25, 0.3) is 10.1 Å². The number of imidazole rings is 1. The summed E-state index contributed by atoms with van der Waals surface area (Å²) in [4.78, 5) is 88.6. The summed E-state index contributed by atoms with van der Waals surface area (Å²) in [6, 6.07) is -1.22. The van der Waals surface area contributed by atoms with Crippen LogP contribution in [0, 0.1) is 5.41 Å². The first-order chi connectivity index (χ1) is 34.2. The predicted molar refractivity (Wildman–Crippen MR) is 265 cm³/mol. The maximum atomic E-state index is 12.8. The monoisotopic (exact) mass is 1140 g/mol. The number of nitrogens with zero attached hydrogens (tertiary/aromatic N) is 4. The highest BCUT2D eigenvalue weighted by Crippen LogP contribution is 2.61. The molecule has 0 spiro atoms. The summed E-state index contributed by atoms with van der Waals surface area (Å²) in [5.41, 5.74) is 10.0. The number of phosphoric acid groups is 3. The fourth-order valence-corrected chi connectivity index (χ4v) is 11.7. The summed E-state index contributed by atoms with van der Waals surface area (Å²) >= 11 is 0.768. The fourth-order valence-electron chi connectivity index (χ4n) is 7.17. The summed E-state index contributed by atoms with van der Waals surface area (Å²) in [5.74, 6) is -1.72. The number of hydrogen-bond acceptors (Lipinski definition) is 22. The summed E-state index contributed by atoms with van der Waals surface area (Å²) in [7, 11) is -20.4. The van der Waals surface area contributed by atoms with Crippen molar-refractivity contribution < 1.29 is 93.1 Å². The Hall–Kier alpha value is -2.57. The number of phosphoric ester groups is 3. The van der Waals surface area contributed by atoms with E-state index < -0.39 is 112 Å². The van der Waals surface area contributed by atoms with Gasteiger partial charge in [-0.3, -0.25) is 36.7 Å². The number of anilines is 1. The molecule has 1 aliphatic heterocycles. The zero-order valence-corrected chi connectivity index (χ0v) is 45.5. The van der Waals surface area contributed by atoms with Crippen molar-refractivity contribution in [2.75, 3.05) is 50.1 Å². The summed E-state index contributed by atoms with van der Waals surface area (Å²) in [5, 5.41) is 25.9. The van der Waals surface area contributed by atoms with Gasteiger partial charge in [-0.15, -0.1) is 0 Å². The topological polar surface area (TPSA) is 433 Å². The van der Waals surface area contributed by atoms with E-state index in [-0.39, 0.29) is 48.0 Å². The second kappa shape index (κ2) is 31.0. The van der Waals surface area contributed by atoms with E-state index >= 15 is 0 Å². The van der Waals surface area contributed by atoms with Crippen LogP contribution in [0.4, 0.5) is 5.82 Å². The first-order valence-electron chi connectivity index (χ1n) is 23.9. The van der Waals surface area contributed by atoms with Crippen molar-refractivity contribution in [1.29, 1.82) is 0 Å². The number of thioether (sulfide) groups is 1. The minimum atomic E-state index is -5.61. The normalized spacial score (nSPS) is 20.1. The molecule has 28 nitrogen and oxygen atoms in total. The minimum absolute atomic E-state index is 0.0100. The molecule has 8 unspecified atom stereocenters. The number of nitrogens with one attached hydrogen (secondary N) is 2. The van der Waals surface area contributed by atoms with E-state index in [0.29, 0.717) is 6.42 Å². The zero-order valence-electron chi connectivity index (χ0n) is 41.2. The number of aliphatic hydroxyl groups is 2. The van der Waals surface area contributed by atoms with Gasteiger partial charge in [-0.2, -0.15) is 12.7 Å². The molecule has 0 aliphatic carbocycles. The van der Waals surface area contributed by atoms with Crippen molar-refractivity contribution in [3.63, 3.8) is 0 Å². The van der Waals surface area contributed by atoms with E-state index in [1.807, 2.05) is 0 Å². The van der Waals surface area contributed by atoms with E-state index in [9.17, 15) is 66.3 Å². The van der Waals surface area contributed by atoms with Crippen LogP contribution in [0.15, 0.2) is 12.7 Å². The van der Waals surface area contributed by atoms with Gasteiger partial charge in [-0.25, -0.2) is 28.6 Å². The van der Waals surface area contributed by atoms with Gasteiger partial charge in [-0.05, 0) is 6.42 Å². The van der Waals surface area contributed by atoms with Crippen LogP contribution in [-0.4, -0.2) is 150 Å². The number of carbonyl (C=O) groups excluding carboxylic acids is 3. The number of hydrogen-bond donors (Lipinski definition) is 10. The number of unbranched alkanes of at least 4 members (excludes halogenated alkanes) is 13. The number of amides is 2. The number of nitrogens with two attached hydrogens (primary N) is 2. The Bertz CT molecular complexity index is 2310. The Morgan fingerprint density at radius 3 is 2.08 bits per heavy atom. The maximum absolute atomic E-state index is 12.8. The average molecular weight is 1140 g/mol. The highest BCUT2D eigenvalue weighted by atomic mass is 32.2. The number of ether oxygens (including phenoxy) is 1. The molecule has 0 bridgehead atoms. The van der Waals surface area contributed by atoms with Gasteiger partial charge < -0.3 is 56.6 Å². The lowest BCUT2D eigenvalue weighted by Crippen LogP contribution is -2.46. The molecule has 0 radical (unpaired) electrons. The first kappa shape index (κ1) is 64.7. The Labute approximate surface area is 428 Å². The third kappa shape index (κ3) is 24.1. The predicted octanol–water partition coefficient (Wildman–Crippen LogP) is 2.82. The Balaban J connectivity index is 1.30. The number of aromatic nitrogens is 4. The molecule has 1 aliphatic rings. The average Bonchev–Trinajstić information content (AvgIpc) is 3.87. The van der Waals surface area contributed by atoms with E-state index in [2.05, 4.69) is 41.3 Å². The molecule has 1 fully saturated rings. The number of carbonyl (C=O) groups is 3. The van der Waals surface area contributed by atoms with Crippen LogP contribution in [-0.2, 0) is 65.0 Å². The van der Waals surface area contributed by atoms with Crippen LogP contribution in [0.25, 0.3) is 11.2 Å². The third-order valence-corrected chi connectivity index (χ3v) is 16.6. The molecule has 3 rings (SSSR count). The van der Waals surface area contributed by atoms with Gasteiger partial charge in [0.05, 0.1) is 37.9 Å². The maximum Gasteiger partial charge on any atom is 0.481 e. The molecule has 0 saturated carbocycles. The standard InChI is InChI=1S/C40H73N8O20P3S2/c1-4-5-6-7-8-9-10-11-12-13-14-15-16-17-22-73(61,62)65-23-28(41)39(53)72-21-20-43-30(49)18-19-44-37(52)34(51)40(2,3)25-64-71(59,60)68-70(57,58)63-24-29-33(67-69(54,55)56)32(50)38(66-29)48-27-47-31-35(42)45-26-46-36(31)48/h26-29,32-34,38,50-51H,4-25,41H2,1-3H3,(H,43,49)(H,44,52)(H,57,58)(H,59,60)(H2,42,45,46)(H2,54,55,56). The van der Waals surface area contributed by atoms with Crippen LogP contribution >= 0.6 is 35.2 Å². The van der Waals surface area contributed by atoms with E-state index in [4.69, 9.17) is 29.4 Å². The molecular weight excluding hydrogens is 1070 g/mol. The van der Waals surface area contributed by atoms with Crippen LogP contribution in [0.5, 0.6) is 0 Å². The molecule has 2 aromatic rings. The van der Waals surface area contributed by atoms with Crippen LogP contribution in [0.2, 0.25) is 0 Å². The molecule has 2 aromatic heterocycles. The van der Waals surface area contributed by atoms with Crippen molar-refractivity contribution in [2.24, 2.45) is 11.1 Å². The highest BCUT2D eigenvalue weighted by Gasteiger charge is 2.50. The van der Waals surface area contributed by atoms with Crippen molar-refractivity contribution >= 4 is 79.3 Å². The molecule has 33 heteroatoms. The summed E-state index contributed by atoms with van der Waals surface area (Å²) in [6.45, 7) is 1.79. The summed E-state index contributed by atoms with van der Waals surface area (Å²) in [6.07, 6.45) is 8.64. The molecular formula is C40H73N8O20P3S2. The smallest absolute Gasteiger partial charge is 0.386 e. The van der Waals surface area contributed by atoms with Crippen LogP contribution in [0.1, 0.15) is 123 Å². The highest BCUT2D eigenvalue weighted by molar-refractivity contribution is 8.13. The van der Waals surface area contributed by atoms with Gasteiger partial charge in [-0.1, -0.05) is 116 Å². The van der Waals surface area contributed by atoms with Gasteiger partial charge in [0.2, 0.25) is 16.9 Å². The molecule has 3 heterocycles. The lowest BCUT2D eigenvalue weighted by atomic mass is 9.87. The number of rotatable bonds is 38. The number of fused-ring (bicyclic) bond motifs is 1. The second-order valence-electron chi connectivity index (χ2n) is 18.0. The minimum Gasteiger partial charge on any atom is -0.386 e. The number of aliphatic hydroxyl groups excluding tert-OH is 2. The Kier molecular flexibility index (Phi) is 27.5. The number of nitrogen functional groups attached to an aromatic ring is 1. The fraction of sp³-hybridized carbons (Fsp3) is 0.800. The zero-order chi connectivity index (χ0) is 54.5. The Morgan fingerprint density at radius 1 is 0.890 bits per heavy atom. The van der Waals surface area contributed by atoms with Gasteiger partial charge in [0.15, 0.2) is 17.7 Å². The largest absolute Gasteiger partial charge is 0.481 e. The van der Waals surface area contributed by atoms with E-state index in [1.165, 1.54) is 71.6 Å². The van der Waals surface area contributed by atoms with Crippen molar-refractivity contribution in [3.8, 4) is 0 Å². The quantitative estimate of drug-likeness (QED) is 0.0262. The van der Waals surface area contributed by atoms with Gasteiger partial charge in [0.1, 0.15) is 36.3 Å². The SMILES string of the molecule is CCCCCCCCCCCCCCCCS(=O)(=O)OCC(N)C(=O)SCCNC(=O)CCNC(=O)C(O)C(C)(C)COP(=O)(O)OP(=O)(O)OCC1OC(n2cnc3c(N)ncnc32)C(O)C1OP(=O)(O)O. The lowest BCUT2D eigenvalue weighted by Gasteiger charge is -2.30. The molecule has 420 valence electrons. The van der Waals surface area contributed by atoms with Crippen LogP contribution in [0.3, 0.4) is 0 Å². The molecule has 73 heavy (non-hydrogen) atoms. The van der Waals surface area contributed by atoms with Crippen molar-refractivity contribution in [1.82, 2.24) is 30.2 Å². The van der Waals surface area contributed by atoms with Gasteiger partial charge in [0, 0.05) is 30.7 Å². The summed E-state index contributed by atoms with van der Waals surface area (Å²) < 4.78 is 92.0. The molecule has 0 aromatic carbocycles. The van der Waals surface area contributed by atoms with E-state index in [1.54, 1.807) is 0 Å². The van der Waals surface area contributed by atoms with E-state index in [0.717, 1.165) is 54.7 Å². The van der Waals surface area contributed by atoms with Crippen molar-refractivity contribution in [2.45, 2.75) is 154 Å². The van der Waals surface area contributed by atoms with Gasteiger partial charge >= 0.3 is 23.5 Å². The molecule has 2 amide bonds. The Morgan fingerprint density at radius 2 is 1.48 bits per heavy atom. The molecule has 1 saturated heterocycles. The second-order valence-corrected chi connectivity index (χ2v) is 25.1. The third-order valence-electron chi connectivity index (χ3n) is 11.2. The first-order valence-corrected chi connectivity index (χ1v) is 30.9. The molecule has 12 N–H and O–H groups in total. The van der Waals surface area contributed by atoms with Crippen LogP contribution < -0.4 is 22.1 Å². The lowest BCUT2D eigenvalue weighted by molar-refractivity contribution is -0.137.